The highest BCUT2D eigenvalue weighted by molar-refractivity contribution is 7.80. The first kappa shape index (κ1) is 26.1. The normalized spacial score (nSPS) is 10.6. The number of carbonyl (C=O) groups excluding carboxylic acids is 2. The summed E-state index contributed by atoms with van der Waals surface area (Å²) in [7, 11) is 0. The summed E-state index contributed by atoms with van der Waals surface area (Å²) in [4.78, 5) is 24.5. The smallest absolute Gasteiger partial charge is 0.276 e. The maximum absolute atomic E-state index is 12.3. The number of hydrogen-bond acceptors (Lipinski definition) is 5. The van der Waals surface area contributed by atoms with Gasteiger partial charge in [0.15, 0.2) is 11.7 Å². The monoisotopic (exact) mass is 471 g/mol. The van der Waals surface area contributed by atoms with Gasteiger partial charge in [0.1, 0.15) is 11.5 Å². The van der Waals surface area contributed by atoms with E-state index in [0.717, 1.165) is 17.5 Å². The maximum Gasteiger partial charge on any atom is 0.276 e. The summed E-state index contributed by atoms with van der Waals surface area (Å²) < 4.78 is 11.3. The lowest BCUT2D eigenvalue weighted by atomic mass is 10.0. The third kappa shape index (κ3) is 9.10. The lowest BCUT2D eigenvalue weighted by Gasteiger charge is -2.15. The highest BCUT2D eigenvalue weighted by Crippen LogP contribution is 2.27. The first-order valence-electron chi connectivity index (χ1n) is 11.0. The number of nitrogens with one attached hydrogen (secondary N) is 3. The molecule has 33 heavy (non-hydrogen) atoms. The zero-order valence-electron chi connectivity index (χ0n) is 19.9. The Labute approximate surface area is 201 Å². The van der Waals surface area contributed by atoms with Gasteiger partial charge in [-0.25, -0.2) is 0 Å². The second kappa shape index (κ2) is 12.8. The van der Waals surface area contributed by atoms with Crippen molar-refractivity contribution < 1.29 is 19.1 Å². The molecule has 178 valence electrons. The Hall–Kier alpha value is -3.13. The van der Waals surface area contributed by atoms with Crippen LogP contribution in [-0.4, -0.2) is 30.1 Å². The number of rotatable bonds is 9. The predicted octanol–water partition coefficient (Wildman–Crippen LogP) is 4.26. The molecule has 2 aromatic rings. The quantitative estimate of drug-likeness (QED) is 0.374. The number of amides is 2. The van der Waals surface area contributed by atoms with Crippen LogP contribution in [0.4, 0.5) is 0 Å². The number of thiocarbonyl (C=S) groups is 1. The molecule has 0 atom stereocenters. The van der Waals surface area contributed by atoms with Crippen molar-refractivity contribution in [3.63, 3.8) is 0 Å². The molecule has 0 aromatic heterocycles. The van der Waals surface area contributed by atoms with Crippen LogP contribution in [0.2, 0.25) is 0 Å². The number of benzene rings is 2. The highest BCUT2D eigenvalue weighted by Gasteiger charge is 2.12. The van der Waals surface area contributed by atoms with Gasteiger partial charge in [-0.05, 0) is 78.9 Å². The molecule has 2 amide bonds. The number of carbonyl (C=O) groups is 2. The minimum atomic E-state index is -0.425. The third-order valence-corrected chi connectivity index (χ3v) is 4.98. The zero-order chi connectivity index (χ0) is 24.4. The standard InChI is InChI=1S/C25H33N3O4S/c1-16(2)12-13-31-20-9-7-19(8-10-20)24(30)26-25(33)28-27-23(29)15-32-22-14-18(5)6-11-21(22)17(3)4/h6-11,14,16-17H,12-13,15H2,1-5H3,(H,27,29)(H2,26,28,30,33). The van der Waals surface area contributed by atoms with E-state index >= 15 is 0 Å². The van der Waals surface area contributed by atoms with Gasteiger partial charge in [-0.1, -0.05) is 39.8 Å². The molecule has 0 bridgehead atoms. The first-order chi connectivity index (χ1) is 15.7. The van der Waals surface area contributed by atoms with Crippen molar-refractivity contribution in [3.8, 4) is 11.5 Å². The van der Waals surface area contributed by atoms with Crippen LogP contribution in [0.15, 0.2) is 42.5 Å². The average Bonchev–Trinajstić information content (AvgIpc) is 2.76. The molecule has 0 spiro atoms. The lowest BCUT2D eigenvalue weighted by molar-refractivity contribution is -0.123. The van der Waals surface area contributed by atoms with E-state index in [9.17, 15) is 9.59 Å². The van der Waals surface area contributed by atoms with Gasteiger partial charge in [0.05, 0.1) is 6.61 Å². The van der Waals surface area contributed by atoms with E-state index in [0.29, 0.717) is 29.6 Å². The minimum Gasteiger partial charge on any atom is -0.494 e. The van der Waals surface area contributed by atoms with Crippen LogP contribution in [0.3, 0.4) is 0 Å². The largest absolute Gasteiger partial charge is 0.494 e. The zero-order valence-corrected chi connectivity index (χ0v) is 20.7. The summed E-state index contributed by atoms with van der Waals surface area (Å²) in [5.74, 6) is 1.39. The molecular formula is C25H33N3O4S. The molecule has 0 radical (unpaired) electrons. The van der Waals surface area contributed by atoms with Gasteiger partial charge in [-0.15, -0.1) is 0 Å². The van der Waals surface area contributed by atoms with Crippen molar-refractivity contribution in [2.24, 2.45) is 5.92 Å². The Bertz CT molecular complexity index is 959. The summed E-state index contributed by atoms with van der Waals surface area (Å²) >= 11 is 5.08. The van der Waals surface area contributed by atoms with Crippen molar-refractivity contribution in [2.45, 2.75) is 47.0 Å². The number of hydrazine groups is 1. The Balaban J connectivity index is 1.76. The van der Waals surface area contributed by atoms with Crippen LogP contribution in [0.5, 0.6) is 11.5 Å². The number of aryl methyl sites for hydroxylation is 1. The topological polar surface area (TPSA) is 88.7 Å². The Morgan fingerprint density at radius 3 is 2.30 bits per heavy atom. The van der Waals surface area contributed by atoms with E-state index in [1.807, 2.05) is 25.1 Å². The van der Waals surface area contributed by atoms with Crippen molar-refractivity contribution in [1.29, 1.82) is 0 Å². The molecule has 0 unspecified atom stereocenters. The van der Waals surface area contributed by atoms with Crippen LogP contribution in [-0.2, 0) is 4.79 Å². The maximum atomic E-state index is 12.3. The second-order valence-electron chi connectivity index (χ2n) is 8.50. The van der Waals surface area contributed by atoms with Gasteiger partial charge in [-0.2, -0.15) is 0 Å². The van der Waals surface area contributed by atoms with E-state index in [4.69, 9.17) is 21.7 Å². The predicted molar refractivity (Wildman–Crippen MR) is 133 cm³/mol. The SMILES string of the molecule is Cc1ccc(C(C)C)c(OCC(=O)NNC(=S)NC(=O)c2ccc(OCCC(C)C)cc2)c1. The first-order valence-corrected chi connectivity index (χ1v) is 11.4. The molecule has 0 saturated carbocycles. The van der Waals surface area contributed by atoms with Gasteiger partial charge >= 0.3 is 0 Å². The summed E-state index contributed by atoms with van der Waals surface area (Å²) in [5.41, 5.74) is 7.44. The van der Waals surface area contributed by atoms with Crippen LogP contribution < -0.4 is 25.6 Å². The van der Waals surface area contributed by atoms with Crippen molar-refractivity contribution in [2.75, 3.05) is 13.2 Å². The molecule has 0 aliphatic rings. The van der Waals surface area contributed by atoms with E-state index in [1.54, 1.807) is 24.3 Å². The molecule has 0 aliphatic heterocycles. The van der Waals surface area contributed by atoms with Crippen LogP contribution in [0.25, 0.3) is 0 Å². The summed E-state index contributed by atoms with van der Waals surface area (Å²) in [6.07, 6.45) is 0.961. The molecule has 2 aromatic carbocycles. The van der Waals surface area contributed by atoms with E-state index in [1.165, 1.54) is 0 Å². The third-order valence-electron chi connectivity index (χ3n) is 4.77. The average molecular weight is 472 g/mol. The highest BCUT2D eigenvalue weighted by atomic mass is 32.1. The van der Waals surface area contributed by atoms with Crippen molar-refractivity contribution >= 4 is 29.1 Å². The fourth-order valence-electron chi connectivity index (χ4n) is 2.87. The van der Waals surface area contributed by atoms with Crippen LogP contribution >= 0.6 is 12.2 Å². The van der Waals surface area contributed by atoms with Crippen molar-refractivity contribution in [3.05, 3.63) is 59.2 Å². The van der Waals surface area contributed by atoms with E-state index in [2.05, 4.69) is 43.9 Å². The molecule has 8 heteroatoms. The van der Waals surface area contributed by atoms with Gasteiger partial charge in [0.2, 0.25) is 0 Å². The minimum absolute atomic E-state index is 0.0240. The summed E-state index contributed by atoms with van der Waals surface area (Å²) in [6.45, 7) is 10.8. The molecule has 7 nitrogen and oxygen atoms in total. The lowest BCUT2D eigenvalue weighted by Crippen LogP contribution is -2.49. The molecule has 0 heterocycles. The fraction of sp³-hybridized carbons (Fsp3) is 0.400. The van der Waals surface area contributed by atoms with Gasteiger partial charge in [0, 0.05) is 5.56 Å². The fourth-order valence-corrected chi connectivity index (χ4v) is 3.01. The van der Waals surface area contributed by atoms with Gasteiger partial charge in [0.25, 0.3) is 11.8 Å². The van der Waals surface area contributed by atoms with Crippen LogP contribution in [0.1, 0.15) is 61.5 Å². The van der Waals surface area contributed by atoms with Gasteiger partial charge < -0.3 is 9.47 Å². The Morgan fingerprint density at radius 2 is 1.67 bits per heavy atom. The summed E-state index contributed by atoms with van der Waals surface area (Å²) in [5, 5.41) is 2.50. The number of hydrogen-bond donors (Lipinski definition) is 3. The van der Waals surface area contributed by atoms with E-state index in [-0.39, 0.29) is 17.6 Å². The molecule has 3 N–H and O–H groups in total. The molecule has 0 aliphatic carbocycles. The molecule has 0 fully saturated rings. The van der Waals surface area contributed by atoms with Crippen LogP contribution in [0, 0.1) is 12.8 Å². The molecule has 0 saturated heterocycles. The number of ether oxygens (including phenoxy) is 2. The Morgan fingerprint density at radius 1 is 0.970 bits per heavy atom. The van der Waals surface area contributed by atoms with E-state index < -0.39 is 11.8 Å². The summed E-state index contributed by atoms with van der Waals surface area (Å²) in [6, 6.07) is 12.7. The molecular weight excluding hydrogens is 438 g/mol. The second-order valence-corrected chi connectivity index (χ2v) is 8.90. The van der Waals surface area contributed by atoms with Gasteiger partial charge in [-0.3, -0.25) is 25.8 Å². The van der Waals surface area contributed by atoms with Crippen molar-refractivity contribution in [1.82, 2.24) is 16.2 Å². The Kier molecular flexibility index (Phi) is 10.1. The molecule has 2 rings (SSSR count).